The number of aryl methyl sites for hydroxylation is 1. The maximum absolute atomic E-state index is 10.8. The zero-order chi connectivity index (χ0) is 14.0. The third kappa shape index (κ3) is 2.56. The second-order valence-electron chi connectivity index (χ2n) is 3.58. The molecule has 1 N–H and O–H groups in total. The number of carboxylic acids is 1. The molecule has 0 aliphatic carbocycles. The van der Waals surface area contributed by atoms with Gasteiger partial charge in [-0.1, -0.05) is 12.1 Å². The van der Waals surface area contributed by atoms with Crippen molar-refractivity contribution in [2.24, 2.45) is 0 Å². The predicted octanol–water partition coefficient (Wildman–Crippen LogP) is 0.483. The van der Waals surface area contributed by atoms with Crippen LogP contribution in [-0.4, -0.2) is 35.9 Å². The number of hydrogen-bond donors (Lipinski definition) is 1. The number of aromatic carboxylic acids is 1. The first-order valence-electron chi connectivity index (χ1n) is 5.27. The summed E-state index contributed by atoms with van der Waals surface area (Å²) in [5, 5.41) is 26.7. The van der Waals surface area contributed by atoms with Gasteiger partial charge in [0.1, 0.15) is 12.7 Å². The highest BCUT2D eigenvalue weighted by Crippen LogP contribution is 2.17. The Morgan fingerprint density at radius 2 is 2.37 bits per heavy atom. The highest BCUT2D eigenvalue weighted by atomic mass is 16.6. The van der Waals surface area contributed by atoms with Gasteiger partial charge in [-0.3, -0.25) is 14.8 Å². The third-order valence-corrected chi connectivity index (χ3v) is 2.27. The van der Waals surface area contributed by atoms with E-state index in [4.69, 9.17) is 9.63 Å². The summed E-state index contributed by atoms with van der Waals surface area (Å²) in [6.45, 7) is 1.82. The summed E-state index contributed by atoms with van der Waals surface area (Å²) in [6, 6.07) is 0. The van der Waals surface area contributed by atoms with E-state index in [-0.39, 0.29) is 12.4 Å². The second-order valence-corrected chi connectivity index (χ2v) is 3.58. The lowest BCUT2D eigenvalue weighted by Crippen LogP contribution is -2.04. The average Bonchev–Trinajstić information content (AvgIpc) is 2.96. The van der Waals surface area contributed by atoms with E-state index in [1.807, 2.05) is 6.92 Å². The summed E-state index contributed by atoms with van der Waals surface area (Å²) in [7, 11) is 0. The monoisotopic (exact) mass is 267 g/mol. The van der Waals surface area contributed by atoms with E-state index in [2.05, 4.69) is 15.2 Å². The van der Waals surface area contributed by atoms with E-state index in [9.17, 15) is 14.9 Å². The molecular weight excluding hydrogens is 258 g/mol. The molecule has 10 heteroatoms. The molecular formula is C9H9N5O5. The lowest BCUT2D eigenvalue weighted by atomic mass is 10.4. The first-order valence-corrected chi connectivity index (χ1v) is 5.27. The SMILES string of the molecule is CCc1noc(Cn2cc([N+](=O)[O-])c(C(=O)O)n2)n1. The molecule has 2 aromatic heterocycles. The number of carbonyl (C=O) groups is 1. The summed E-state index contributed by atoms with van der Waals surface area (Å²) in [5.41, 5.74) is -1.21. The second kappa shape index (κ2) is 4.84. The number of carboxylic acid groups (broad SMARTS) is 1. The largest absolute Gasteiger partial charge is 0.476 e. The first-order chi connectivity index (χ1) is 9.01. The Hall–Kier alpha value is -2.78. The highest BCUT2D eigenvalue weighted by molar-refractivity contribution is 5.89. The third-order valence-electron chi connectivity index (χ3n) is 2.27. The molecule has 0 fully saturated rings. The Kier molecular flexibility index (Phi) is 3.23. The predicted molar refractivity (Wildman–Crippen MR) is 58.6 cm³/mol. The minimum Gasteiger partial charge on any atom is -0.476 e. The van der Waals surface area contributed by atoms with Crippen molar-refractivity contribution >= 4 is 11.7 Å². The fourth-order valence-corrected chi connectivity index (χ4v) is 1.41. The minimum absolute atomic E-state index is 0.0267. The van der Waals surface area contributed by atoms with Gasteiger partial charge in [0.15, 0.2) is 5.82 Å². The van der Waals surface area contributed by atoms with Crippen LogP contribution in [0.25, 0.3) is 0 Å². The van der Waals surface area contributed by atoms with Crippen LogP contribution < -0.4 is 0 Å². The molecule has 0 radical (unpaired) electrons. The van der Waals surface area contributed by atoms with E-state index < -0.39 is 22.3 Å². The quantitative estimate of drug-likeness (QED) is 0.609. The van der Waals surface area contributed by atoms with Crippen LogP contribution in [-0.2, 0) is 13.0 Å². The first kappa shape index (κ1) is 12.7. The zero-order valence-corrected chi connectivity index (χ0v) is 9.81. The number of rotatable bonds is 5. The molecule has 0 aromatic carbocycles. The van der Waals surface area contributed by atoms with Crippen molar-refractivity contribution in [1.29, 1.82) is 0 Å². The van der Waals surface area contributed by atoms with Crippen molar-refractivity contribution < 1.29 is 19.3 Å². The molecule has 0 aliphatic heterocycles. The fourth-order valence-electron chi connectivity index (χ4n) is 1.41. The van der Waals surface area contributed by atoms with Crippen molar-refractivity contribution in [2.45, 2.75) is 19.9 Å². The maximum atomic E-state index is 10.8. The van der Waals surface area contributed by atoms with Gasteiger partial charge < -0.3 is 9.63 Å². The zero-order valence-electron chi connectivity index (χ0n) is 9.81. The Balaban J connectivity index is 2.28. The standard InChI is InChI=1S/C9H9N5O5/c1-2-6-10-7(19-12-6)4-13-3-5(14(17)18)8(11-13)9(15)16/h3H,2,4H2,1H3,(H,15,16). The van der Waals surface area contributed by atoms with Crippen LogP contribution in [0.1, 0.15) is 29.1 Å². The molecule has 0 aliphatic rings. The van der Waals surface area contributed by atoms with Gasteiger partial charge in [0.25, 0.3) is 0 Å². The maximum Gasteiger partial charge on any atom is 0.363 e. The Morgan fingerprint density at radius 3 is 2.84 bits per heavy atom. The van der Waals surface area contributed by atoms with Gasteiger partial charge in [0.05, 0.1) is 4.92 Å². The molecule has 0 spiro atoms. The van der Waals surface area contributed by atoms with Crippen molar-refractivity contribution in [3.8, 4) is 0 Å². The van der Waals surface area contributed by atoms with Crippen LogP contribution in [0.2, 0.25) is 0 Å². The number of hydrogen-bond acceptors (Lipinski definition) is 7. The van der Waals surface area contributed by atoms with Crippen LogP contribution in [0.5, 0.6) is 0 Å². The molecule has 0 unspecified atom stereocenters. The van der Waals surface area contributed by atoms with Crippen molar-refractivity contribution in [1.82, 2.24) is 19.9 Å². The number of nitrogens with zero attached hydrogens (tertiary/aromatic N) is 5. The molecule has 2 heterocycles. The van der Waals surface area contributed by atoms with Crippen LogP contribution >= 0.6 is 0 Å². The van der Waals surface area contributed by atoms with Crippen LogP contribution in [0.4, 0.5) is 5.69 Å². The summed E-state index contributed by atoms with van der Waals surface area (Å²) < 4.78 is 5.97. The van der Waals surface area contributed by atoms with E-state index in [0.717, 1.165) is 10.9 Å². The summed E-state index contributed by atoms with van der Waals surface area (Å²) in [6.07, 6.45) is 1.60. The summed E-state index contributed by atoms with van der Waals surface area (Å²) in [4.78, 5) is 24.7. The molecule has 2 aromatic rings. The molecule has 0 saturated heterocycles. The lowest BCUT2D eigenvalue weighted by molar-refractivity contribution is -0.385. The molecule has 0 saturated carbocycles. The van der Waals surface area contributed by atoms with Gasteiger partial charge >= 0.3 is 11.7 Å². The topological polar surface area (TPSA) is 137 Å². The number of nitro groups is 1. The Bertz CT molecular complexity index is 599. The Labute approximate surface area is 105 Å². The Morgan fingerprint density at radius 1 is 1.63 bits per heavy atom. The van der Waals surface area contributed by atoms with Crippen molar-refractivity contribution in [3.05, 3.63) is 33.7 Å². The van der Waals surface area contributed by atoms with Gasteiger partial charge in [-0.15, -0.1) is 0 Å². The average molecular weight is 267 g/mol. The molecule has 10 nitrogen and oxygen atoms in total. The van der Waals surface area contributed by atoms with Crippen LogP contribution in [0.3, 0.4) is 0 Å². The lowest BCUT2D eigenvalue weighted by Gasteiger charge is -1.92. The van der Waals surface area contributed by atoms with Crippen molar-refractivity contribution in [3.63, 3.8) is 0 Å². The normalized spacial score (nSPS) is 10.6. The van der Waals surface area contributed by atoms with Crippen LogP contribution in [0.15, 0.2) is 10.7 Å². The molecule has 0 bridgehead atoms. The van der Waals surface area contributed by atoms with Gasteiger partial charge in [-0.2, -0.15) is 10.1 Å². The molecule has 0 amide bonds. The van der Waals surface area contributed by atoms with Gasteiger partial charge in [0, 0.05) is 6.42 Å². The van der Waals surface area contributed by atoms with E-state index in [1.165, 1.54) is 0 Å². The molecule has 100 valence electrons. The summed E-state index contributed by atoms with van der Waals surface area (Å²) in [5.74, 6) is -0.772. The minimum atomic E-state index is -1.47. The van der Waals surface area contributed by atoms with E-state index in [1.54, 1.807) is 0 Å². The van der Waals surface area contributed by atoms with Gasteiger partial charge in [-0.05, 0) is 0 Å². The van der Waals surface area contributed by atoms with Crippen LogP contribution in [0, 0.1) is 10.1 Å². The fraction of sp³-hybridized carbons (Fsp3) is 0.333. The molecule has 0 atom stereocenters. The number of aromatic nitrogens is 4. The van der Waals surface area contributed by atoms with E-state index in [0.29, 0.717) is 12.2 Å². The van der Waals surface area contributed by atoms with Crippen molar-refractivity contribution in [2.75, 3.05) is 0 Å². The highest BCUT2D eigenvalue weighted by Gasteiger charge is 2.25. The van der Waals surface area contributed by atoms with Gasteiger partial charge in [-0.25, -0.2) is 4.79 Å². The summed E-state index contributed by atoms with van der Waals surface area (Å²) >= 11 is 0. The smallest absolute Gasteiger partial charge is 0.363 e. The van der Waals surface area contributed by atoms with Gasteiger partial charge in [0.2, 0.25) is 11.6 Å². The molecule has 19 heavy (non-hydrogen) atoms. The molecule has 2 rings (SSSR count). The van der Waals surface area contributed by atoms with E-state index >= 15 is 0 Å².